The standard InChI is InChI=1S/C22H21N5O2/c1-14(2)29-22-8-15(6-7-24-22)21(28)10-17-9-19-16(11-25-17)4-5-18(26-19)20-12-23-13-27(20)3/h4-9,11-14H,10H2,1-3H3. The predicted octanol–water partition coefficient (Wildman–Crippen LogP) is 3.64. The fourth-order valence-electron chi connectivity index (χ4n) is 3.06. The molecule has 0 radical (unpaired) electrons. The molecule has 0 amide bonds. The maximum atomic E-state index is 12.7. The SMILES string of the molecule is CC(C)Oc1cc(C(=O)Cc2cc3nc(-c4cncn4C)ccc3cn2)ccn1. The quantitative estimate of drug-likeness (QED) is 0.470. The zero-order valence-electron chi connectivity index (χ0n) is 16.5. The van der Waals surface area contributed by atoms with E-state index in [-0.39, 0.29) is 18.3 Å². The molecule has 4 heterocycles. The Morgan fingerprint density at radius 1 is 1.14 bits per heavy atom. The van der Waals surface area contributed by atoms with Crippen molar-refractivity contribution in [1.29, 1.82) is 0 Å². The van der Waals surface area contributed by atoms with Crippen LogP contribution in [0.1, 0.15) is 29.9 Å². The molecule has 4 rings (SSSR count). The molecule has 4 aromatic heterocycles. The number of aromatic nitrogens is 5. The largest absolute Gasteiger partial charge is 0.475 e. The molecule has 4 aromatic rings. The van der Waals surface area contributed by atoms with Gasteiger partial charge in [-0.3, -0.25) is 9.78 Å². The molecule has 0 bridgehead atoms. The number of aryl methyl sites for hydroxylation is 1. The number of ketones is 1. The van der Waals surface area contributed by atoms with Crippen LogP contribution in [0.3, 0.4) is 0 Å². The molecule has 29 heavy (non-hydrogen) atoms. The highest BCUT2D eigenvalue weighted by Crippen LogP contribution is 2.21. The smallest absolute Gasteiger partial charge is 0.214 e. The van der Waals surface area contributed by atoms with Crippen LogP contribution in [0.2, 0.25) is 0 Å². The third-order valence-corrected chi connectivity index (χ3v) is 4.46. The van der Waals surface area contributed by atoms with E-state index in [0.717, 1.165) is 22.3 Å². The minimum atomic E-state index is -0.0457. The van der Waals surface area contributed by atoms with Crippen LogP contribution in [0.5, 0.6) is 5.88 Å². The van der Waals surface area contributed by atoms with Gasteiger partial charge in [0.25, 0.3) is 0 Å². The van der Waals surface area contributed by atoms with Crippen LogP contribution in [0.15, 0.2) is 55.2 Å². The summed E-state index contributed by atoms with van der Waals surface area (Å²) in [7, 11) is 1.93. The van der Waals surface area contributed by atoms with Gasteiger partial charge in [-0.15, -0.1) is 0 Å². The molecule has 0 aliphatic carbocycles. The van der Waals surface area contributed by atoms with Crippen molar-refractivity contribution in [3.8, 4) is 17.3 Å². The highest BCUT2D eigenvalue weighted by molar-refractivity contribution is 5.97. The summed E-state index contributed by atoms with van der Waals surface area (Å²) in [5.41, 5.74) is 3.76. The summed E-state index contributed by atoms with van der Waals surface area (Å²) in [6.07, 6.45) is 7.02. The summed E-state index contributed by atoms with van der Waals surface area (Å²) in [5, 5.41) is 0.920. The molecular formula is C22H21N5O2. The molecule has 0 saturated carbocycles. The first-order valence-corrected chi connectivity index (χ1v) is 9.38. The van der Waals surface area contributed by atoms with Gasteiger partial charge in [0.05, 0.1) is 47.6 Å². The molecule has 0 spiro atoms. The van der Waals surface area contributed by atoms with Gasteiger partial charge in [0.2, 0.25) is 5.88 Å². The van der Waals surface area contributed by atoms with Crippen molar-refractivity contribution in [2.75, 3.05) is 0 Å². The first kappa shape index (κ1) is 18.7. The molecule has 146 valence electrons. The number of carbonyl (C=O) groups is 1. The fourth-order valence-corrected chi connectivity index (χ4v) is 3.06. The van der Waals surface area contributed by atoms with Gasteiger partial charge in [-0.1, -0.05) is 0 Å². The highest BCUT2D eigenvalue weighted by atomic mass is 16.5. The molecule has 7 nitrogen and oxygen atoms in total. The Labute approximate surface area is 168 Å². The Balaban J connectivity index is 1.59. The Kier molecular flexibility index (Phi) is 5.03. The van der Waals surface area contributed by atoms with Gasteiger partial charge in [0.1, 0.15) is 0 Å². The van der Waals surface area contributed by atoms with E-state index in [1.807, 2.05) is 43.7 Å². The lowest BCUT2D eigenvalue weighted by Gasteiger charge is -2.09. The lowest BCUT2D eigenvalue weighted by Crippen LogP contribution is -2.09. The van der Waals surface area contributed by atoms with E-state index in [9.17, 15) is 4.79 Å². The van der Waals surface area contributed by atoms with Crippen molar-refractivity contribution in [3.05, 3.63) is 66.5 Å². The number of nitrogens with zero attached hydrogens (tertiary/aromatic N) is 5. The molecule has 0 fully saturated rings. The third-order valence-electron chi connectivity index (χ3n) is 4.46. The zero-order chi connectivity index (χ0) is 20.4. The van der Waals surface area contributed by atoms with Crippen LogP contribution >= 0.6 is 0 Å². The number of imidazole rings is 1. The monoisotopic (exact) mass is 387 g/mol. The Morgan fingerprint density at radius 2 is 2.00 bits per heavy atom. The zero-order valence-corrected chi connectivity index (χ0v) is 16.5. The molecule has 7 heteroatoms. The number of pyridine rings is 3. The Bertz CT molecular complexity index is 1180. The molecule has 0 unspecified atom stereocenters. The topological polar surface area (TPSA) is 82.8 Å². The van der Waals surface area contributed by atoms with E-state index < -0.39 is 0 Å². The Morgan fingerprint density at radius 3 is 2.76 bits per heavy atom. The van der Waals surface area contributed by atoms with Crippen molar-refractivity contribution in [2.45, 2.75) is 26.4 Å². The van der Waals surface area contributed by atoms with E-state index in [1.54, 1.807) is 37.1 Å². The van der Waals surface area contributed by atoms with Gasteiger partial charge in [-0.2, -0.15) is 0 Å². The van der Waals surface area contributed by atoms with Crippen molar-refractivity contribution < 1.29 is 9.53 Å². The van der Waals surface area contributed by atoms with Crippen LogP contribution in [-0.2, 0) is 13.5 Å². The average molecular weight is 387 g/mol. The van der Waals surface area contributed by atoms with Crippen LogP contribution < -0.4 is 4.74 Å². The lowest BCUT2D eigenvalue weighted by atomic mass is 10.1. The van der Waals surface area contributed by atoms with Gasteiger partial charge >= 0.3 is 0 Å². The van der Waals surface area contributed by atoms with Gasteiger partial charge < -0.3 is 9.30 Å². The van der Waals surface area contributed by atoms with Crippen LogP contribution in [0, 0.1) is 0 Å². The highest BCUT2D eigenvalue weighted by Gasteiger charge is 2.12. The average Bonchev–Trinajstić information content (AvgIpc) is 3.13. The van der Waals surface area contributed by atoms with E-state index in [4.69, 9.17) is 9.72 Å². The maximum Gasteiger partial charge on any atom is 0.214 e. The van der Waals surface area contributed by atoms with Crippen molar-refractivity contribution in [3.63, 3.8) is 0 Å². The number of Topliss-reactive ketones (excluding diaryl/α,β-unsaturated/α-hetero) is 1. The Hall–Kier alpha value is -3.61. The van der Waals surface area contributed by atoms with Gasteiger partial charge in [-0.05, 0) is 38.1 Å². The second-order valence-corrected chi connectivity index (χ2v) is 7.10. The van der Waals surface area contributed by atoms with Gasteiger partial charge in [-0.25, -0.2) is 15.0 Å². The second kappa shape index (κ2) is 7.79. The van der Waals surface area contributed by atoms with Crippen LogP contribution in [-0.4, -0.2) is 36.4 Å². The van der Waals surface area contributed by atoms with Gasteiger partial charge in [0.15, 0.2) is 5.78 Å². The number of rotatable bonds is 6. The summed E-state index contributed by atoms with van der Waals surface area (Å²) in [5.74, 6) is 0.399. The number of ether oxygens (including phenoxy) is 1. The molecular weight excluding hydrogens is 366 g/mol. The maximum absolute atomic E-state index is 12.7. The summed E-state index contributed by atoms with van der Waals surface area (Å²) >= 11 is 0. The molecule has 0 saturated heterocycles. The van der Waals surface area contributed by atoms with E-state index in [2.05, 4.69) is 15.0 Å². The van der Waals surface area contributed by atoms with Crippen LogP contribution in [0.25, 0.3) is 22.3 Å². The van der Waals surface area contributed by atoms with Crippen molar-refractivity contribution in [1.82, 2.24) is 24.5 Å². The molecule has 0 aliphatic rings. The minimum Gasteiger partial charge on any atom is -0.475 e. The third kappa shape index (κ3) is 4.13. The van der Waals surface area contributed by atoms with Crippen LogP contribution in [0.4, 0.5) is 0 Å². The van der Waals surface area contributed by atoms with E-state index in [0.29, 0.717) is 17.1 Å². The summed E-state index contributed by atoms with van der Waals surface area (Å²) in [6, 6.07) is 9.14. The molecule has 0 aromatic carbocycles. The minimum absolute atomic E-state index is 0.00490. The van der Waals surface area contributed by atoms with Crippen molar-refractivity contribution >= 4 is 16.7 Å². The summed E-state index contributed by atoms with van der Waals surface area (Å²) < 4.78 is 7.49. The number of hydrogen-bond acceptors (Lipinski definition) is 6. The van der Waals surface area contributed by atoms with E-state index >= 15 is 0 Å². The number of fused-ring (bicyclic) bond motifs is 1. The normalized spacial score (nSPS) is 11.2. The summed E-state index contributed by atoms with van der Waals surface area (Å²) in [6.45, 7) is 3.84. The number of hydrogen-bond donors (Lipinski definition) is 0. The summed E-state index contributed by atoms with van der Waals surface area (Å²) in [4.78, 5) is 30.2. The first-order chi connectivity index (χ1) is 14.0. The predicted molar refractivity (Wildman–Crippen MR) is 110 cm³/mol. The first-order valence-electron chi connectivity index (χ1n) is 9.38. The fraction of sp³-hybridized carbons (Fsp3) is 0.227. The second-order valence-electron chi connectivity index (χ2n) is 7.10. The number of carbonyl (C=O) groups excluding carboxylic acids is 1. The van der Waals surface area contributed by atoms with E-state index in [1.165, 1.54) is 0 Å². The van der Waals surface area contributed by atoms with Gasteiger partial charge in [0, 0.05) is 36.5 Å². The molecule has 0 atom stereocenters. The van der Waals surface area contributed by atoms with Crippen molar-refractivity contribution in [2.24, 2.45) is 7.05 Å². The lowest BCUT2D eigenvalue weighted by molar-refractivity contribution is 0.0991. The molecule has 0 N–H and O–H groups in total. The molecule has 0 aliphatic heterocycles.